The van der Waals surface area contributed by atoms with Crippen LogP contribution in [0.2, 0.25) is 0 Å². The lowest BCUT2D eigenvalue weighted by Crippen LogP contribution is -2.50. The molecule has 0 bridgehead atoms. The second kappa shape index (κ2) is 10.5. The number of hydrogen-bond donors (Lipinski definition) is 2. The van der Waals surface area contributed by atoms with Crippen LogP contribution in [0.15, 0.2) is 83.8 Å². The first-order valence-electron chi connectivity index (χ1n) is 10.0. The lowest BCUT2D eigenvalue weighted by Gasteiger charge is -2.28. The van der Waals surface area contributed by atoms with E-state index >= 15 is 0 Å². The molecule has 0 unspecified atom stereocenters. The van der Waals surface area contributed by atoms with Gasteiger partial charge in [-0.1, -0.05) is 66.2 Å². The highest BCUT2D eigenvalue weighted by atomic mass is 32.2. The van der Waals surface area contributed by atoms with Gasteiger partial charge in [-0.15, -0.1) is 0 Å². The molecule has 0 spiro atoms. The summed E-state index contributed by atoms with van der Waals surface area (Å²) in [5.41, 5.74) is 1.92. The van der Waals surface area contributed by atoms with Gasteiger partial charge in [0.1, 0.15) is 11.9 Å². The number of carbonyl (C=O) groups is 1. The van der Waals surface area contributed by atoms with Crippen molar-refractivity contribution >= 4 is 16.0 Å². The Labute approximate surface area is 187 Å². The summed E-state index contributed by atoms with van der Waals surface area (Å²) in [7, 11) is -2.94. The Morgan fingerprint density at radius 3 is 2.22 bits per heavy atom. The third kappa shape index (κ3) is 5.79. The first kappa shape index (κ1) is 23.6. The molecule has 0 heterocycles. The van der Waals surface area contributed by atoms with E-state index in [4.69, 9.17) is 4.74 Å². The van der Waals surface area contributed by atoms with Crippen LogP contribution in [0.4, 0.5) is 4.39 Å². The van der Waals surface area contributed by atoms with Crippen molar-refractivity contribution in [3.05, 3.63) is 101 Å². The summed E-state index contributed by atoms with van der Waals surface area (Å²) < 4.78 is 48.1. The molecule has 0 aromatic heterocycles. The highest BCUT2D eigenvalue weighted by Crippen LogP contribution is 2.24. The van der Waals surface area contributed by atoms with Gasteiger partial charge in [0.15, 0.2) is 0 Å². The maximum Gasteiger partial charge on any atom is 0.325 e. The van der Waals surface area contributed by atoms with E-state index in [2.05, 4.69) is 10.0 Å². The highest BCUT2D eigenvalue weighted by molar-refractivity contribution is 7.89. The molecule has 2 N–H and O–H groups in total. The van der Waals surface area contributed by atoms with Crippen LogP contribution in [-0.2, 0) is 26.1 Å². The number of halogens is 1. The van der Waals surface area contributed by atoms with Gasteiger partial charge in [0, 0.05) is 12.1 Å². The van der Waals surface area contributed by atoms with Crippen LogP contribution in [0.1, 0.15) is 22.7 Å². The minimum atomic E-state index is -4.09. The molecular formula is C24H25FN2O4S. The fraction of sp³-hybridized carbons (Fsp3) is 0.208. The van der Waals surface area contributed by atoms with Crippen LogP contribution >= 0.6 is 0 Å². The van der Waals surface area contributed by atoms with Crippen molar-refractivity contribution in [2.45, 2.75) is 30.4 Å². The summed E-state index contributed by atoms with van der Waals surface area (Å²) >= 11 is 0. The number of rotatable bonds is 9. The fourth-order valence-corrected chi connectivity index (χ4v) is 4.49. The summed E-state index contributed by atoms with van der Waals surface area (Å²) in [6.07, 6.45) is 0. The summed E-state index contributed by atoms with van der Waals surface area (Å²) in [6, 6.07) is 19.0. The normalized spacial score (nSPS) is 13.3. The Balaban J connectivity index is 1.99. The molecule has 0 radical (unpaired) electrons. The average Bonchev–Trinajstić information content (AvgIpc) is 2.80. The van der Waals surface area contributed by atoms with Crippen LogP contribution < -0.4 is 10.0 Å². The lowest BCUT2D eigenvalue weighted by atomic mass is 9.98. The molecule has 0 aliphatic carbocycles. The monoisotopic (exact) mass is 456 g/mol. The number of aryl methyl sites for hydroxylation is 1. The smallest absolute Gasteiger partial charge is 0.325 e. The van der Waals surface area contributed by atoms with E-state index in [9.17, 15) is 17.6 Å². The van der Waals surface area contributed by atoms with Gasteiger partial charge >= 0.3 is 5.97 Å². The van der Waals surface area contributed by atoms with Gasteiger partial charge in [0.25, 0.3) is 0 Å². The largest absolute Gasteiger partial charge is 0.468 e. The zero-order valence-corrected chi connectivity index (χ0v) is 18.6. The molecule has 0 aliphatic rings. The molecule has 3 aromatic carbocycles. The molecule has 3 aromatic rings. The molecule has 0 fully saturated rings. The molecule has 32 heavy (non-hydrogen) atoms. The van der Waals surface area contributed by atoms with E-state index in [1.165, 1.54) is 30.3 Å². The number of ether oxygens (including phenoxy) is 1. The maximum absolute atomic E-state index is 14.7. The number of methoxy groups -OCH3 is 1. The van der Waals surface area contributed by atoms with Crippen LogP contribution in [-0.4, -0.2) is 27.5 Å². The summed E-state index contributed by atoms with van der Waals surface area (Å²) in [6.45, 7) is 2.11. The maximum atomic E-state index is 14.7. The highest BCUT2D eigenvalue weighted by Gasteiger charge is 2.35. The molecule has 6 nitrogen and oxygen atoms in total. The van der Waals surface area contributed by atoms with Crippen LogP contribution in [0.25, 0.3) is 0 Å². The predicted molar refractivity (Wildman–Crippen MR) is 120 cm³/mol. The van der Waals surface area contributed by atoms with E-state index in [0.29, 0.717) is 0 Å². The zero-order valence-electron chi connectivity index (χ0n) is 17.8. The molecule has 3 rings (SSSR count). The predicted octanol–water partition coefficient (Wildman–Crippen LogP) is 3.49. The minimum Gasteiger partial charge on any atom is -0.468 e. The Morgan fingerprint density at radius 2 is 1.59 bits per heavy atom. The number of nitrogens with one attached hydrogen (secondary N) is 2. The summed E-state index contributed by atoms with van der Waals surface area (Å²) in [5, 5.41) is 3.12. The number of hydrogen-bond acceptors (Lipinski definition) is 5. The van der Waals surface area contributed by atoms with E-state index in [1.54, 1.807) is 18.2 Å². The van der Waals surface area contributed by atoms with Crippen molar-refractivity contribution < 1.29 is 22.3 Å². The van der Waals surface area contributed by atoms with Crippen molar-refractivity contribution in [3.63, 3.8) is 0 Å². The number of benzene rings is 3. The molecular weight excluding hydrogens is 431 g/mol. The zero-order chi connectivity index (χ0) is 23.1. The number of sulfonamides is 1. The molecule has 0 aliphatic heterocycles. The van der Waals surface area contributed by atoms with Gasteiger partial charge in [0.2, 0.25) is 10.0 Å². The van der Waals surface area contributed by atoms with Crippen LogP contribution in [0.3, 0.4) is 0 Å². The Hall–Kier alpha value is -3.07. The second-order valence-electron chi connectivity index (χ2n) is 7.30. The number of esters is 1. The van der Waals surface area contributed by atoms with Crippen molar-refractivity contribution in [3.8, 4) is 0 Å². The third-order valence-electron chi connectivity index (χ3n) is 5.01. The van der Waals surface area contributed by atoms with Crippen LogP contribution in [0, 0.1) is 12.7 Å². The molecule has 0 saturated carbocycles. The molecule has 0 amide bonds. The molecule has 2 atom stereocenters. The minimum absolute atomic E-state index is 0.00709. The second-order valence-corrected chi connectivity index (χ2v) is 9.01. The SMILES string of the molecule is COC(=O)[C@H](NS(=O)(=O)c1ccc(C)cc1)[C@H](NCc1ccccc1)c1ccccc1F. The van der Waals surface area contributed by atoms with Crippen molar-refractivity contribution in [1.29, 1.82) is 0 Å². The molecule has 168 valence electrons. The fourth-order valence-electron chi connectivity index (χ4n) is 3.29. The van der Waals surface area contributed by atoms with Gasteiger partial charge in [0.05, 0.1) is 18.0 Å². The first-order valence-corrected chi connectivity index (χ1v) is 11.5. The van der Waals surface area contributed by atoms with E-state index in [0.717, 1.165) is 18.2 Å². The van der Waals surface area contributed by atoms with E-state index in [1.807, 2.05) is 37.3 Å². The Morgan fingerprint density at radius 1 is 0.969 bits per heavy atom. The first-order chi connectivity index (χ1) is 15.3. The van der Waals surface area contributed by atoms with Crippen molar-refractivity contribution in [2.24, 2.45) is 0 Å². The van der Waals surface area contributed by atoms with E-state index in [-0.39, 0.29) is 17.0 Å². The average molecular weight is 457 g/mol. The van der Waals surface area contributed by atoms with Gasteiger partial charge in [-0.25, -0.2) is 12.8 Å². The van der Waals surface area contributed by atoms with Gasteiger partial charge in [-0.3, -0.25) is 4.79 Å². The summed E-state index contributed by atoms with van der Waals surface area (Å²) in [4.78, 5) is 12.7. The van der Waals surface area contributed by atoms with Crippen LogP contribution in [0.5, 0.6) is 0 Å². The Bertz CT molecular complexity index is 1150. The summed E-state index contributed by atoms with van der Waals surface area (Å²) in [5.74, 6) is -1.41. The van der Waals surface area contributed by atoms with Gasteiger partial charge in [-0.05, 0) is 30.7 Å². The lowest BCUT2D eigenvalue weighted by molar-refractivity contribution is -0.143. The third-order valence-corrected chi connectivity index (χ3v) is 6.47. The molecule has 8 heteroatoms. The van der Waals surface area contributed by atoms with Gasteiger partial charge in [-0.2, -0.15) is 4.72 Å². The van der Waals surface area contributed by atoms with E-state index < -0.39 is 33.9 Å². The Kier molecular flexibility index (Phi) is 7.74. The van der Waals surface area contributed by atoms with Crippen molar-refractivity contribution in [2.75, 3.05) is 7.11 Å². The quantitative estimate of drug-likeness (QED) is 0.482. The van der Waals surface area contributed by atoms with Crippen molar-refractivity contribution in [1.82, 2.24) is 10.0 Å². The standard InChI is InChI=1S/C24H25FN2O4S/c1-17-12-14-19(15-13-17)32(29,30)27-23(24(28)31-2)22(20-10-6-7-11-21(20)25)26-16-18-8-4-3-5-9-18/h3-15,22-23,26-27H,16H2,1-2H3/t22-,23-/m1/s1. The topological polar surface area (TPSA) is 84.5 Å². The van der Waals surface area contributed by atoms with Gasteiger partial charge < -0.3 is 10.1 Å². The number of carbonyl (C=O) groups excluding carboxylic acids is 1. The molecule has 0 saturated heterocycles.